The molecule has 1 saturated carbocycles. The van der Waals surface area contributed by atoms with Gasteiger partial charge in [-0.25, -0.2) is 0 Å². The maximum Gasteiger partial charge on any atom is 0.00385 e. The van der Waals surface area contributed by atoms with Crippen LogP contribution >= 0.6 is 0 Å². The highest BCUT2D eigenvalue weighted by atomic mass is 15.2. The quantitative estimate of drug-likeness (QED) is 0.707. The van der Waals surface area contributed by atoms with E-state index >= 15 is 0 Å². The van der Waals surface area contributed by atoms with Gasteiger partial charge in [-0.1, -0.05) is 33.6 Å². The molecule has 2 heteroatoms. The number of hydrogen-bond acceptors (Lipinski definition) is 2. The lowest BCUT2D eigenvalue weighted by atomic mass is 9.60. The molecule has 1 spiro atoms. The molecule has 0 aromatic rings. The summed E-state index contributed by atoms with van der Waals surface area (Å²) in [6.45, 7) is 11.2. The van der Waals surface area contributed by atoms with Crippen molar-refractivity contribution in [2.45, 2.75) is 85.0 Å². The minimum Gasteiger partial charge on any atom is -0.344 e. The van der Waals surface area contributed by atoms with Gasteiger partial charge in [0.05, 0.1) is 0 Å². The van der Waals surface area contributed by atoms with E-state index < -0.39 is 0 Å². The summed E-state index contributed by atoms with van der Waals surface area (Å²) < 4.78 is 0. The van der Waals surface area contributed by atoms with Crippen molar-refractivity contribution in [3.05, 3.63) is 0 Å². The number of nitrogens with zero attached hydrogens (tertiary/aromatic N) is 1. The molecule has 2 rings (SSSR count). The second-order valence-electron chi connectivity index (χ2n) is 7.53. The van der Waals surface area contributed by atoms with Crippen LogP contribution < -0.4 is 6.15 Å². The Balaban J connectivity index is 0.00000200. The summed E-state index contributed by atoms with van der Waals surface area (Å²) >= 11 is 0. The highest BCUT2D eigenvalue weighted by Crippen LogP contribution is 2.53. The molecule has 0 bridgehead atoms. The topological polar surface area (TPSA) is 38.2 Å². The van der Waals surface area contributed by atoms with Crippen molar-refractivity contribution in [3.63, 3.8) is 0 Å². The van der Waals surface area contributed by atoms with E-state index in [-0.39, 0.29) is 6.15 Å². The van der Waals surface area contributed by atoms with Gasteiger partial charge in [0.2, 0.25) is 0 Å². The predicted octanol–water partition coefficient (Wildman–Crippen LogP) is 5.41. The largest absolute Gasteiger partial charge is 0.344 e. The molecule has 1 heterocycles. The monoisotopic (exact) mass is 282 g/mol. The van der Waals surface area contributed by atoms with Crippen molar-refractivity contribution in [3.8, 4) is 0 Å². The lowest BCUT2D eigenvalue weighted by molar-refractivity contribution is 0.0647. The third-order valence-corrected chi connectivity index (χ3v) is 5.99. The van der Waals surface area contributed by atoms with Crippen molar-refractivity contribution in [1.82, 2.24) is 11.1 Å². The van der Waals surface area contributed by atoms with E-state index in [0.717, 1.165) is 10.8 Å². The van der Waals surface area contributed by atoms with Gasteiger partial charge in [-0.3, -0.25) is 0 Å². The molecule has 0 atom stereocenters. The Morgan fingerprint density at radius 1 is 0.800 bits per heavy atom. The first-order chi connectivity index (χ1) is 9.17. The predicted molar refractivity (Wildman–Crippen MR) is 89.5 cm³/mol. The van der Waals surface area contributed by atoms with Gasteiger partial charge >= 0.3 is 0 Å². The average Bonchev–Trinajstić information content (AvgIpc) is 2.79. The van der Waals surface area contributed by atoms with Gasteiger partial charge in [0, 0.05) is 6.54 Å². The summed E-state index contributed by atoms with van der Waals surface area (Å²) in [7, 11) is 0. The molecule has 0 unspecified atom stereocenters. The molecule has 0 amide bonds. The Morgan fingerprint density at radius 2 is 1.40 bits per heavy atom. The van der Waals surface area contributed by atoms with Gasteiger partial charge in [-0.2, -0.15) is 0 Å². The van der Waals surface area contributed by atoms with Gasteiger partial charge in [0.1, 0.15) is 0 Å². The van der Waals surface area contributed by atoms with E-state index in [0.29, 0.717) is 0 Å². The van der Waals surface area contributed by atoms with Gasteiger partial charge in [0.25, 0.3) is 0 Å². The van der Waals surface area contributed by atoms with Crippen LogP contribution in [-0.2, 0) is 0 Å². The molecule has 0 aromatic heterocycles. The summed E-state index contributed by atoms with van der Waals surface area (Å²) in [6, 6.07) is 0. The van der Waals surface area contributed by atoms with Crippen LogP contribution in [0.2, 0.25) is 0 Å². The maximum atomic E-state index is 2.73. The number of hydrogen-bond donors (Lipinski definition) is 1. The van der Waals surface area contributed by atoms with Crippen molar-refractivity contribution in [2.24, 2.45) is 10.8 Å². The Kier molecular flexibility index (Phi) is 7.00. The van der Waals surface area contributed by atoms with Gasteiger partial charge in [-0.15, -0.1) is 0 Å². The molecule has 1 aliphatic carbocycles. The third-order valence-electron chi connectivity index (χ3n) is 5.99. The molecule has 2 nitrogen and oxygen atoms in total. The van der Waals surface area contributed by atoms with Crippen LogP contribution in [0.4, 0.5) is 0 Å². The second-order valence-corrected chi connectivity index (χ2v) is 7.53. The lowest BCUT2D eigenvalue weighted by Crippen LogP contribution is -2.36. The molecule has 3 N–H and O–H groups in total. The molecule has 2 fully saturated rings. The number of likely N-dealkylation sites (tertiary alicyclic amines) is 1. The summed E-state index contributed by atoms with van der Waals surface area (Å²) in [5, 5.41) is 0. The normalized spacial score (nSPS) is 24.8. The molecule has 2 aliphatic rings. The fraction of sp³-hybridized carbons (Fsp3) is 1.00. The van der Waals surface area contributed by atoms with E-state index in [1.807, 2.05) is 0 Å². The van der Waals surface area contributed by atoms with Crippen molar-refractivity contribution < 1.29 is 0 Å². The fourth-order valence-electron chi connectivity index (χ4n) is 4.94. The molecular formula is C18H38N2. The highest BCUT2D eigenvalue weighted by molar-refractivity contribution is 4.97. The van der Waals surface area contributed by atoms with E-state index in [2.05, 4.69) is 25.7 Å². The van der Waals surface area contributed by atoms with Crippen LogP contribution in [0.5, 0.6) is 0 Å². The van der Waals surface area contributed by atoms with E-state index in [1.165, 1.54) is 83.8 Å². The molecule has 1 saturated heterocycles. The van der Waals surface area contributed by atoms with Crippen LogP contribution in [0, 0.1) is 10.8 Å². The van der Waals surface area contributed by atoms with Crippen molar-refractivity contribution in [2.75, 3.05) is 19.6 Å². The average molecular weight is 283 g/mol. The van der Waals surface area contributed by atoms with Gasteiger partial charge in [0.15, 0.2) is 0 Å². The standard InChI is InChI=1S/C18H35N.H3N/c1-4-7-17(8-5-2)9-11-18(12-10-17)13-15-19(16-18)14-6-3;/h4-16H2,1-3H3;1H3. The molecular weight excluding hydrogens is 244 g/mol. The first-order valence-corrected chi connectivity index (χ1v) is 8.90. The van der Waals surface area contributed by atoms with Gasteiger partial charge < -0.3 is 11.1 Å². The zero-order chi connectivity index (χ0) is 13.8. The molecule has 120 valence electrons. The van der Waals surface area contributed by atoms with Crippen LogP contribution in [0.3, 0.4) is 0 Å². The fourth-order valence-corrected chi connectivity index (χ4v) is 4.94. The first-order valence-electron chi connectivity index (χ1n) is 8.90. The summed E-state index contributed by atoms with van der Waals surface area (Å²) in [4.78, 5) is 2.73. The molecule has 0 radical (unpaired) electrons. The van der Waals surface area contributed by atoms with Gasteiger partial charge in [-0.05, 0) is 75.3 Å². The van der Waals surface area contributed by atoms with Crippen molar-refractivity contribution >= 4 is 0 Å². The molecule has 0 aromatic carbocycles. The lowest BCUT2D eigenvalue weighted by Gasteiger charge is -2.45. The first kappa shape index (κ1) is 18.0. The number of rotatable bonds is 6. The minimum atomic E-state index is 0. The third kappa shape index (κ3) is 3.98. The highest BCUT2D eigenvalue weighted by Gasteiger charge is 2.44. The van der Waals surface area contributed by atoms with Crippen LogP contribution in [0.25, 0.3) is 0 Å². The second kappa shape index (κ2) is 7.79. The summed E-state index contributed by atoms with van der Waals surface area (Å²) in [5.74, 6) is 0. The zero-order valence-corrected chi connectivity index (χ0v) is 14.3. The Labute approximate surface area is 127 Å². The van der Waals surface area contributed by atoms with Crippen LogP contribution in [0.1, 0.15) is 85.0 Å². The Morgan fingerprint density at radius 3 is 1.90 bits per heavy atom. The summed E-state index contributed by atoms with van der Waals surface area (Å²) in [6.07, 6.45) is 14.6. The van der Waals surface area contributed by atoms with Crippen LogP contribution in [0.15, 0.2) is 0 Å². The van der Waals surface area contributed by atoms with Crippen molar-refractivity contribution in [1.29, 1.82) is 0 Å². The molecule has 1 aliphatic heterocycles. The SMILES string of the molecule is CCCN1CCC2(CCC(CCC)(CCC)CC2)C1.N. The minimum absolute atomic E-state index is 0. The Hall–Kier alpha value is -0.0800. The van der Waals surface area contributed by atoms with E-state index in [9.17, 15) is 0 Å². The zero-order valence-electron chi connectivity index (χ0n) is 14.3. The maximum absolute atomic E-state index is 2.73. The van der Waals surface area contributed by atoms with Crippen LogP contribution in [-0.4, -0.2) is 24.5 Å². The van der Waals surface area contributed by atoms with E-state index in [1.54, 1.807) is 0 Å². The molecule has 20 heavy (non-hydrogen) atoms. The Bertz CT molecular complexity index is 259. The van der Waals surface area contributed by atoms with E-state index in [4.69, 9.17) is 0 Å². The smallest absolute Gasteiger partial charge is 0.00385 e. The summed E-state index contributed by atoms with van der Waals surface area (Å²) in [5.41, 5.74) is 1.45.